The third-order valence-electron chi connectivity index (χ3n) is 8.56. The van der Waals surface area contributed by atoms with Crippen LogP contribution >= 0.6 is 0 Å². The minimum absolute atomic E-state index is 1.13. The highest BCUT2D eigenvalue weighted by atomic mass is 15.1. The van der Waals surface area contributed by atoms with Crippen LogP contribution in [0.3, 0.4) is 0 Å². The first-order valence-electron chi connectivity index (χ1n) is 14.5. The van der Waals surface area contributed by atoms with Gasteiger partial charge in [0.15, 0.2) is 0 Å². The van der Waals surface area contributed by atoms with Gasteiger partial charge in [0.2, 0.25) is 0 Å². The fraction of sp³-hybridized carbons (Fsp3) is 0.0244. The smallest absolute Gasteiger partial charge is 0.0467 e. The van der Waals surface area contributed by atoms with Gasteiger partial charge in [0, 0.05) is 17.1 Å². The van der Waals surface area contributed by atoms with Gasteiger partial charge in [0.25, 0.3) is 0 Å². The first-order valence-corrected chi connectivity index (χ1v) is 14.5. The van der Waals surface area contributed by atoms with Crippen molar-refractivity contribution in [1.29, 1.82) is 0 Å². The molecule has 42 heavy (non-hydrogen) atoms. The van der Waals surface area contributed by atoms with Crippen LogP contribution < -0.4 is 4.90 Å². The molecule has 1 nitrogen and oxygen atoms in total. The normalized spacial score (nSPS) is 11.5. The molecule has 0 saturated carbocycles. The van der Waals surface area contributed by atoms with Gasteiger partial charge < -0.3 is 4.90 Å². The molecule has 0 spiro atoms. The van der Waals surface area contributed by atoms with Crippen LogP contribution in [-0.4, -0.2) is 0 Å². The Morgan fingerprint density at radius 2 is 0.929 bits per heavy atom. The van der Waals surface area contributed by atoms with Gasteiger partial charge in [-0.15, -0.1) is 0 Å². The lowest BCUT2D eigenvalue weighted by atomic mass is 9.94. The maximum atomic E-state index is 2.35. The molecule has 0 radical (unpaired) electrons. The predicted octanol–water partition coefficient (Wildman–Crippen LogP) is 11.6. The highest BCUT2D eigenvalue weighted by Crippen LogP contribution is 2.49. The zero-order chi connectivity index (χ0) is 28.0. The lowest BCUT2D eigenvalue weighted by Gasteiger charge is -2.26. The van der Waals surface area contributed by atoms with E-state index in [0.29, 0.717) is 0 Å². The molecule has 198 valence electrons. The second kappa shape index (κ2) is 9.90. The number of rotatable bonds is 5. The standard InChI is InChI=1S/C41H29N/c1-28-11-5-6-16-34(28)29-21-23-32(24-22-29)42(31-13-3-2-4-14-31)33-15-9-12-30(27-33)35-25-26-40-37-18-8-7-17-36(37)39-20-10-19-38(35)41(39)40/h2-27H,1H3. The summed E-state index contributed by atoms with van der Waals surface area (Å²) in [4.78, 5) is 2.35. The molecule has 8 rings (SSSR count). The summed E-state index contributed by atoms with van der Waals surface area (Å²) < 4.78 is 0. The topological polar surface area (TPSA) is 3.24 Å². The number of fused-ring (bicyclic) bond motifs is 3. The lowest BCUT2D eigenvalue weighted by Crippen LogP contribution is -2.09. The van der Waals surface area contributed by atoms with Crippen molar-refractivity contribution in [1.82, 2.24) is 0 Å². The fourth-order valence-corrected chi connectivity index (χ4v) is 6.58. The zero-order valence-corrected chi connectivity index (χ0v) is 23.5. The van der Waals surface area contributed by atoms with Crippen molar-refractivity contribution in [3.63, 3.8) is 0 Å². The van der Waals surface area contributed by atoms with E-state index in [-0.39, 0.29) is 0 Å². The minimum atomic E-state index is 1.13. The Labute approximate surface area is 247 Å². The van der Waals surface area contributed by atoms with E-state index >= 15 is 0 Å². The monoisotopic (exact) mass is 535 g/mol. The van der Waals surface area contributed by atoms with Crippen LogP contribution in [0.4, 0.5) is 17.1 Å². The molecule has 0 bridgehead atoms. The molecular formula is C41H29N. The molecule has 1 aliphatic carbocycles. The molecule has 0 amide bonds. The fourth-order valence-electron chi connectivity index (χ4n) is 6.58. The van der Waals surface area contributed by atoms with Crippen LogP contribution in [0.25, 0.3) is 55.3 Å². The van der Waals surface area contributed by atoms with Crippen LogP contribution in [0, 0.1) is 6.92 Å². The van der Waals surface area contributed by atoms with E-state index in [1.807, 2.05) is 0 Å². The van der Waals surface area contributed by atoms with E-state index < -0.39 is 0 Å². The number of hydrogen-bond donors (Lipinski definition) is 0. The van der Waals surface area contributed by atoms with Crippen molar-refractivity contribution in [2.24, 2.45) is 0 Å². The highest BCUT2D eigenvalue weighted by molar-refractivity contribution is 6.18. The molecule has 0 aliphatic heterocycles. The predicted molar refractivity (Wildman–Crippen MR) is 179 cm³/mol. The van der Waals surface area contributed by atoms with E-state index in [0.717, 1.165) is 17.1 Å². The Balaban J connectivity index is 1.25. The molecule has 7 aromatic carbocycles. The van der Waals surface area contributed by atoms with Gasteiger partial charge >= 0.3 is 0 Å². The van der Waals surface area contributed by atoms with Gasteiger partial charge in [-0.2, -0.15) is 0 Å². The number of aryl methyl sites for hydroxylation is 1. The SMILES string of the molecule is Cc1ccccc1-c1ccc(N(c2ccccc2)c2cccc(-c3ccc4c5c(cccc35)-c3ccccc3-4)c2)cc1. The van der Waals surface area contributed by atoms with Crippen LogP contribution in [0.5, 0.6) is 0 Å². The van der Waals surface area contributed by atoms with Crippen molar-refractivity contribution in [2.45, 2.75) is 6.92 Å². The molecule has 0 aromatic heterocycles. The Hall–Kier alpha value is -5.40. The molecule has 0 N–H and O–H groups in total. The van der Waals surface area contributed by atoms with Crippen LogP contribution in [0.2, 0.25) is 0 Å². The van der Waals surface area contributed by atoms with Crippen molar-refractivity contribution in [3.05, 3.63) is 163 Å². The zero-order valence-electron chi connectivity index (χ0n) is 23.5. The molecule has 1 aliphatic rings. The van der Waals surface area contributed by atoms with Gasteiger partial charge in [0.1, 0.15) is 0 Å². The molecule has 0 heterocycles. The summed E-state index contributed by atoms with van der Waals surface area (Å²) in [5.74, 6) is 0. The second-order valence-corrected chi connectivity index (χ2v) is 11.0. The quantitative estimate of drug-likeness (QED) is 0.212. The summed E-state index contributed by atoms with van der Waals surface area (Å²) in [6.07, 6.45) is 0. The molecule has 1 heteroatoms. The van der Waals surface area contributed by atoms with Crippen molar-refractivity contribution in [2.75, 3.05) is 4.90 Å². The molecule has 0 saturated heterocycles. The molecule has 7 aromatic rings. The number of para-hydroxylation sites is 1. The van der Waals surface area contributed by atoms with E-state index in [4.69, 9.17) is 0 Å². The lowest BCUT2D eigenvalue weighted by molar-refractivity contribution is 1.28. The number of anilines is 3. The first-order chi connectivity index (χ1) is 20.8. The summed E-state index contributed by atoms with van der Waals surface area (Å²) in [7, 11) is 0. The van der Waals surface area contributed by atoms with Crippen molar-refractivity contribution < 1.29 is 0 Å². The van der Waals surface area contributed by atoms with Crippen LogP contribution in [0.15, 0.2) is 158 Å². The molecule has 0 unspecified atom stereocenters. The minimum Gasteiger partial charge on any atom is -0.310 e. The van der Waals surface area contributed by atoms with E-state index in [1.165, 1.54) is 60.8 Å². The maximum Gasteiger partial charge on any atom is 0.0467 e. The van der Waals surface area contributed by atoms with Crippen LogP contribution in [0.1, 0.15) is 5.56 Å². The van der Waals surface area contributed by atoms with Crippen LogP contribution in [-0.2, 0) is 0 Å². The van der Waals surface area contributed by atoms with E-state index in [9.17, 15) is 0 Å². The number of benzene rings is 7. The average Bonchev–Trinajstić information content (AvgIpc) is 3.38. The maximum absolute atomic E-state index is 2.35. The average molecular weight is 536 g/mol. The van der Waals surface area contributed by atoms with Crippen molar-refractivity contribution >= 4 is 27.8 Å². The van der Waals surface area contributed by atoms with Crippen molar-refractivity contribution in [3.8, 4) is 44.5 Å². The number of hydrogen-bond acceptors (Lipinski definition) is 1. The largest absolute Gasteiger partial charge is 0.310 e. The van der Waals surface area contributed by atoms with E-state index in [1.54, 1.807) is 0 Å². The molecule has 0 fully saturated rings. The Bertz CT molecular complexity index is 2060. The van der Waals surface area contributed by atoms with Gasteiger partial charge in [-0.1, -0.05) is 121 Å². The van der Waals surface area contributed by atoms with E-state index in [2.05, 4.69) is 170 Å². The summed E-state index contributed by atoms with van der Waals surface area (Å²) in [6.45, 7) is 2.17. The number of nitrogens with zero attached hydrogens (tertiary/aromatic N) is 1. The van der Waals surface area contributed by atoms with Gasteiger partial charge in [-0.3, -0.25) is 0 Å². The third-order valence-corrected chi connectivity index (χ3v) is 8.56. The van der Waals surface area contributed by atoms with Gasteiger partial charge in [-0.05, 0) is 104 Å². The summed E-state index contributed by atoms with van der Waals surface area (Å²) in [6, 6.07) is 57.2. The molecular weight excluding hydrogens is 506 g/mol. The second-order valence-electron chi connectivity index (χ2n) is 11.0. The Morgan fingerprint density at radius 3 is 1.69 bits per heavy atom. The molecule has 0 atom stereocenters. The first kappa shape index (κ1) is 24.4. The third kappa shape index (κ3) is 3.94. The summed E-state index contributed by atoms with van der Waals surface area (Å²) in [5, 5.41) is 2.65. The summed E-state index contributed by atoms with van der Waals surface area (Å²) >= 11 is 0. The van der Waals surface area contributed by atoms with Gasteiger partial charge in [0.05, 0.1) is 0 Å². The summed E-state index contributed by atoms with van der Waals surface area (Å²) in [5.41, 5.74) is 15.0. The Kier molecular flexibility index (Phi) is 5.75. The Morgan fingerprint density at radius 1 is 0.357 bits per heavy atom. The van der Waals surface area contributed by atoms with Gasteiger partial charge in [-0.25, -0.2) is 0 Å². The highest BCUT2D eigenvalue weighted by Gasteiger charge is 2.22.